The lowest BCUT2D eigenvalue weighted by Gasteiger charge is -2.35. The maximum atomic E-state index is 16.6. The third-order valence-corrected chi connectivity index (χ3v) is 14.5. The number of fused-ring (bicyclic) bond motifs is 3. The number of thiophene rings is 1. The Kier molecular flexibility index (Phi) is 12.6. The number of aliphatic hydroxyl groups excluding tert-OH is 1. The number of nitrogens with zero attached hydrogens (tertiary/aromatic N) is 6. The van der Waals surface area contributed by atoms with Gasteiger partial charge >= 0.3 is 5.97 Å². The summed E-state index contributed by atoms with van der Waals surface area (Å²) in [5.41, 5.74) is 7.15. The van der Waals surface area contributed by atoms with Crippen LogP contribution in [0.3, 0.4) is 0 Å². The minimum absolute atomic E-state index is 0.0142. The van der Waals surface area contributed by atoms with E-state index in [4.69, 9.17) is 4.99 Å². The van der Waals surface area contributed by atoms with Gasteiger partial charge in [0.25, 0.3) is 5.91 Å². The van der Waals surface area contributed by atoms with Gasteiger partial charge in [-0.2, -0.15) is 0 Å². The van der Waals surface area contributed by atoms with Gasteiger partial charge in [-0.25, -0.2) is 9.37 Å². The number of amides is 3. The fraction of sp³-hybridized carbons (Fsp3) is 0.347. The van der Waals surface area contributed by atoms with Gasteiger partial charge in [0, 0.05) is 34.5 Å². The first-order valence-electron chi connectivity index (χ1n) is 21.6. The van der Waals surface area contributed by atoms with Crippen LogP contribution in [0.2, 0.25) is 0 Å². The molecule has 0 unspecified atom stereocenters. The lowest BCUT2D eigenvalue weighted by atomic mass is 9.85. The molecule has 0 bridgehead atoms. The van der Waals surface area contributed by atoms with Gasteiger partial charge in [-0.15, -0.1) is 32.9 Å². The van der Waals surface area contributed by atoms with Gasteiger partial charge in [0.2, 0.25) is 11.8 Å². The highest BCUT2D eigenvalue weighted by molar-refractivity contribution is 7.15. The molecule has 1 fully saturated rings. The van der Waals surface area contributed by atoms with E-state index in [1.165, 1.54) is 11.0 Å². The quantitative estimate of drug-likeness (QED) is 0.100. The second kappa shape index (κ2) is 18.1. The second-order valence-electron chi connectivity index (χ2n) is 18.0. The average Bonchev–Trinajstić information content (AvgIpc) is 4.04. The Bertz CT molecular complexity index is 2900. The number of aliphatic hydroxyl groups is 1. The van der Waals surface area contributed by atoms with Crippen molar-refractivity contribution in [1.29, 1.82) is 0 Å². The van der Waals surface area contributed by atoms with Crippen molar-refractivity contribution in [2.24, 2.45) is 10.4 Å². The maximum absolute atomic E-state index is 16.6. The van der Waals surface area contributed by atoms with Crippen LogP contribution in [0.4, 0.5) is 4.39 Å². The number of aliphatic imine (C=N–C) groups is 1. The summed E-state index contributed by atoms with van der Waals surface area (Å²) in [4.78, 5) is 67.1. The van der Waals surface area contributed by atoms with E-state index in [9.17, 15) is 29.4 Å². The van der Waals surface area contributed by atoms with Gasteiger partial charge in [-0.05, 0) is 68.4 Å². The molecule has 2 aliphatic heterocycles. The molecule has 17 heteroatoms. The van der Waals surface area contributed by atoms with Gasteiger partial charge in [-0.3, -0.25) is 28.7 Å². The topological polar surface area (TPSA) is 192 Å². The van der Waals surface area contributed by atoms with Gasteiger partial charge in [0.1, 0.15) is 34.8 Å². The normalized spacial score (nSPS) is 17.9. The van der Waals surface area contributed by atoms with Gasteiger partial charge < -0.3 is 25.7 Å². The number of rotatable bonds is 11. The highest BCUT2D eigenvalue weighted by Crippen LogP contribution is 2.40. The van der Waals surface area contributed by atoms with Crippen molar-refractivity contribution >= 4 is 52.1 Å². The molecule has 1 saturated heterocycles. The zero-order valence-corrected chi connectivity index (χ0v) is 39.5. The number of aromatic nitrogens is 4. The predicted molar refractivity (Wildman–Crippen MR) is 252 cm³/mol. The Morgan fingerprint density at radius 1 is 0.924 bits per heavy atom. The van der Waals surface area contributed by atoms with Crippen LogP contribution in [-0.4, -0.2) is 89.0 Å². The number of benzene rings is 3. The van der Waals surface area contributed by atoms with Crippen LogP contribution in [0.25, 0.3) is 26.6 Å². The molecule has 342 valence electrons. The number of nitrogens with one attached hydrogen (secondary N) is 2. The van der Waals surface area contributed by atoms with Crippen molar-refractivity contribution in [1.82, 2.24) is 35.3 Å². The number of hydrogen-bond donors (Lipinski definition) is 4. The monoisotopic (exact) mass is 930 g/mol. The molecule has 3 aromatic heterocycles. The number of carbonyl (C=O) groups excluding carboxylic acids is 3. The molecular weight excluding hydrogens is 880 g/mol. The second-order valence-corrected chi connectivity index (χ2v) is 20.1. The fourth-order valence-corrected chi connectivity index (χ4v) is 10.7. The molecule has 6 aromatic rings. The number of aryl methyl sites for hydroxylation is 3. The van der Waals surface area contributed by atoms with Gasteiger partial charge in [0.05, 0.1) is 45.9 Å². The van der Waals surface area contributed by atoms with E-state index in [-0.39, 0.29) is 30.5 Å². The molecule has 2 aliphatic rings. The third-order valence-electron chi connectivity index (χ3n) is 12.4. The summed E-state index contributed by atoms with van der Waals surface area (Å²) in [5, 5.41) is 35.8. The van der Waals surface area contributed by atoms with E-state index in [0.29, 0.717) is 28.5 Å². The molecule has 4 N–H and O–H groups in total. The Balaban J connectivity index is 1.01. The summed E-state index contributed by atoms with van der Waals surface area (Å²) in [6, 6.07) is 15.9. The van der Waals surface area contributed by atoms with E-state index >= 15 is 4.39 Å². The number of hydrogen-bond acceptors (Lipinski definition) is 11. The minimum Gasteiger partial charge on any atom is -0.481 e. The van der Waals surface area contributed by atoms with Crippen LogP contribution in [0.15, 0.2) is 77.2 Å². The van der Waals surface area contributed by atoms with Crippen LogP contribution < -0.4 is 10.6 Å². The highest BCUT2D eigenvalue weighted by atomic mass is 32.1. The van der Waals surface area contributed by atoms with E-state index in [0.717, 1.165) is 42.7 Å². The van der Waals surface area contributed by atoms with E-state index < -0.39 is 65.2 Å². The van der Waals surface area contributed by atoms with Gasteiger partial charge in [-0.1, -0.05) is 81.4 Å². The number of β-amino-alcohol motifs (C(OH)–C–C–N with tert-alkyl or cyclic N) is 1. The van der Waals surface area contributed by atoms with Crippen molar-refractivity contribution in [3.05, 3.63) is 128 Å². The zero-order valence-electron chi connectivity index (χ0n) is 37.8. The first kappa shape index (κ1) is 46.1. The average molecular weight is 931 g/mol. The highest BCUT2D eigenvalue weighted by Gasteiger charge is 2.45. The first-order valence-corrected chi connectivity index (χ1v) is 23.3. The summed E-state index contributed by atoms with van der Waals surface area (Å²) < 4.78 is 18.5. The summed E-state index contributed by atoms with van der Waals surface area (Å²) >= 11 is 3.10. The van der Waals surface area contributed by atoms with Crippen molar-refractivity contribution in [3.8, 4) is 26.6 Å². The molecular formula is C49H51FN8O6S2. The molecule has 0 aliphatic carbocycles. The summed E-state index contributed by atoms with van der Waals surface area (Å²) in [6.45, 7) is 14.8. The first-order chi connectivity index (χ1) is 31.3. The van der Waals surface area contributed by atoms with Crippen LogP contribution in [0.5, 0.6) is 0 Å². The Hall–Kier alpha value is -6.43. The number of likely N-dealkylation sites (tertiary alicyclic amines) is 1. The molecule has 66 heavy (non-hydrogen) atoms. The molecule has 3 aromatic carbocycles. The number of thiazole rings is 1. The number of carboxylic acids is 1. The third kappa shape index (κ3) is 8.81. The molecule has 14 nitrogen and oxygen atoms in total. The summed E-state index contributed by atoms with van der Waals surface area (Å²) in [5.74, 6) is -2.61. The maximum Gasteiger partial charge on any atom is 0.306 e. The lowest BCUT2D eigenvalue weighted by Crippen LogP contribution is -2.58. The van der Waals surface area contributed by atoms with Crippen molar-refractivity contribution in [2.75, 3.05) is 6.54 Å². The standard InChI is InChI=1S/C49H51FN8O6S2/c1-24-27(4)66-48-39(24)41(53-36(21-38(60)61)44-56-55-28(5)58(44)48)31-16-14-30(15-17-31)34-10-9-11-35(40(34)50)45(62)54-43(49(6,7)8)47(64)57-22-33(59)20-37(57)46(63)52-25(2)29-12-18-32(19-13-29)42-26(3)51-23-65-42/h9-19,23,25,33,36-37,43,59H,20-22H2,1-8H3,(H,52,63)(H,54,62)(H,60,61)/t25-,33+,36-,37-,43+/m0/s1. The molecule has 5 heterocycles. The van der Waals surface area contributed by atoms with Gasteiger partial charge in [0.15, 0.2) is 5.82 Å². The Morgan fingerprint density at radius 3 is 2.26 bits per heavy atom. The molecule has 8 rings (SSSR count). The largest absolute Gasteiger partial charge is 0.481 e. The van der Waals surface area contributed by atoms with Crippen molar-refractivity contribution in [2.45, 2.75) is 98.5 Å². The molecule has 5 atom stereocenters. The van der Waals surface area contributed by atoms with Crippen LogP contribution in [0, 0.1) is 38.9 Å². The number of aliphatic carboxylic acids is 1. The van der Waals surface area contributed by atoms with Crippen LogP contribution in [0.1, 0.15) is 107 Å². The summed E-state index contributed by atoms with van der Waals surface area (Å²) in [6.07, 6.45) is -1.25. The lowest BCUT2D eigenvalue weighted by molar-refractivity contribution is -0.142. The van der Waals surface area contributed by atoms with Crippen molar-refractivity contribution in [3.63, 3.8) is 0 Å². The SMILES string of the molecule is Cc1ncsc1-c1ccc([C@H](C)NC(=O)[C@@H]2C[C@@H](O)CN2C(=O)[C@@H](NC(=O)c2cccc(-c3ccc(C4=N[C@@H](CC(=O)O)c5nnc(C)n5-c5sc(C)c(C)c54)cc3)c2F)C(C)(C)C)cc1. The molecule has 3 amide bonds. The molecule has 0 saturated carbocycles. The Morgan fingerprint density at radius 2 is 1.61 bits per heavy atom. The smallest absolute Gasteiger partial charge is 0.306 e. The minimum atomic E-state index is -1.19. The number of halogens is 1. The van der Waals surface area contributed by atoms with Crippen molar-refractivity contribution < 1.29 is 33.8 Å². The molecule has 0 spiro atoms. The van der Waals surface area contributed by atoms with E-state index in [2.05, 4.69) is 25.8 Å². The van der Waals surface area contributed by atoms with E-state index in [1.807, 2.05) is 63.5 Å². The number of carbonyl (C=O) groups is 4. The van der Waals surface area contributed by atoms with Crippen LogP contribution in [-0.2, 0) is 14.4 Å². The predicted octanol–water partition coefficient (Wildman–Crippen LogP) is 7.84. The zero-order chi connectivity index (χ0) is 47.4. The molecule has 0 radical (unpaired) electrons. The van der Waals surface area contributed by atoms with Crippen LogP contribution >= 0.6 is 22.7 Å². The van der Waals surface area contributed by atoms with E-state index in [1.54, 1.807) is 85.4 Å². The Labute approximate surface area is 389 Å². The summed E-state index contributed by atoms with van der Waals surface area (Å²) in [7, 11) is 0. The fourth-order valence-electron chi connectivity index (χ4n) is 8.65. The number of carboxylic acid groups (broad SMARTS) is 1.